The smallest absolute Gasteiger partial charge is 0.338 e. The van der Waals surface area contributed by atoms with Gasteiger partial charge in [0.25, 0.3) is 5.56 Å². The van der Waals surface area contributed by atoms with Crippen LogP contribution in [0.25, 0.3) is 28.2 Å². The molecule has 0 N–H and O–H groups in total. The molecular weight excluding hydrogens is 568 g/mol. The van der Waals surface area contributed by atoms with Crippen molar-refractivity contribution >= 4 is 40.1 Å². The molecule has 0 fully saturated rings. The number of carbonyl (C=O) groups excluding carboxylic acids is 2. The number of aromatic nitrogens is 1. The van der Waals surface area contributed by atoms with Gasteiger partial charge >= 0.3 is 5.97 Å². The summed E-state index contributed by atoms with van der Waals surface area (Å²) in [7, 11) is 1.55. The summed E-state index contributed by atoms with van der Waals surface area (Å²) in [4.78, 5) is 43.7. The maximum Gasteiger partial charge on any atom is 0.338 e. The summed E-state index contributed by atoms with van der Waals surface area (Å²) < 4.78 is 19.1. The van der Waals surface area contributed by atoms with Crippen molar-refractivity contribution in [3.63, 3.8) is 0 Å². The van der Waals surface area contributed by atoms with E-state index in [1.54, 1.807) is 51.3 Å². The molecule has 0 spiro atoms. The molecule has 9 nitrogen and oxygen atoms in total. The minimum absolute atomic E-state index is 0.0616. The van der Waals surface area contributed by atoms with E-state index in [1.807, 2.05) is 36.4 Å². The zero-order valence-electron chi connectivity index (χ0n) is 23.5. The molecule has 1 aliphatic heterocycles. The number of methoxy groups -OCH3 is 1. The van der Waals surface area contributed by atoms with E-state index in [0.717, 1.165) is 10.8 Å². The van der Waals surface area contributed by atoms with Gasteiger partial charge in [-0.15, -0.1) is 0 Å². The Morgan fingerprint density at radius 1 is 1.07 bits per heavy atom. The van der Waals surface area contributed by atoms with E-state index < -0.39 is 18.0 Å². The Hall–Kier alpha value is -5.22. The van der Waals surface area contributed by atoms with E-state index in [4.69, 9.17) is 13.9 Å². The van der Waals surface area contributed by atoms with Gasteiger partial charge in [0.05, 0.1) is 35.5 Å². The van der Waals surface area contributed by atoms with Crippen LogP contribution in [0.2, 0.25) is 0 Å². The number of nitrogens with zero attached hydrogens (tertiary/aromatic N) is 2. The first kappa shape index (κ1) is 27.9. The number of aromatic carboxylic acids is 1. The first-order valence-electron chi connectivity index (χ1n) is 13.5. The highest BCUT2D eigenvalue weighted by molar-refractivity contribution is 7.07. The summed E-state index contributed by atoms with van der Waals surface area (Å²) in [5.74, 6) is -0.371. The Labute approximate surface area is 249 Å². The zero-order valence-corrected chi connectivity index (χ0v) is 24.3. The number of carboxylic acids is 1. The standard InChI is InChI=1S/C33H26N2O7S/c1-4-41-32(39)27-18(2)34-33-35(29(27)28-23-8-6-5-7-19(23)13-15-25(28)40-3)30(36)26(43-33)17-22-14-16-24(42-22)20-9-11-21(12-10-20)31(37)38/h5-17,29H,4H2,1-3H3,(H,37,38)/p-1/b26-17+. The highest BCUT2D eigenvalue weighted by Gasteiger charge is 2.36. The Balaban J connectivity index is 1.53. The average molecular weight is 594 g/mol. The quantitative estimate of drug-likeness (QED) is 0.264. The van der Waals surface area contributed by atoms with Crippen molar-refractivity contribution in [1.82, 2.24) is 4.57 Å². The zero-order chi connectivity index (χ0) is 30.2. The maximum atomic E-state index is 14.1. The van der Waals surface area contributed by atoms with E-state index >= 15 is 0 Å². The second kappa shape index (κ2) is 11.2. The van der Waals surface area contributed by atoms with Gasteiger partial charge in [0.1, 0.15) is 23.3 Å². The molecule has 3 aromatic carbocycles. The molecule has 0 saturated heterocycles. The minimum Gasteiger partial charge on any atom is -0.545 e. The third kappa shape index (κ3) is 4.95. The number of benzene rings is 3. The molecule has 0 bridgehead atoms. The average Bonchev–Trinajstić information content (AvgIpc) is 3.60. The molecule has 1 aliphatic rings. The Kier molecular flexibility index (Phi) is 7.29. The van der Waals surface area contributed by atoms with E-state index in [2.05, 4.69) is 4.99 Å². The molecule has 6 rings (SSSR count). The summed E-state index contributed by atoms with van der Waals surface area (Å²) >= 11 is 1.18. The molecule has 1 atom stereocenters. The third-order valence-corrected chi connectivity index (χ3v) is 8.23. The van der Waals surface area contributed by atoms with E-state index in [9.17, 15) is 19.5 Å². The number of hydrogen-bond acceptors (Lipinski definition) is 9. The highest BCUT2D eigenvalue weighted by Crippen LogP contribution is 2.40. The molecule has 2 aromatic heterocycles. The summed E-state index contributed by atoms with van der Waals surface area (Å²) in [5, 5.41) is 12.8. The van der Waals surface area contributed by atoms with Gasteiger partial charge in [-0.1, -0.05) is 65.9 Å². The fourth-order valence-corrected chi connectivity index (χ4v) is 6.31. The second-order valence-corrected chi connectivity index (χ2v) is 10.8. The van der Waals surface area contributed by atoms with Gasteiger partial charge < -0.3 is 23.8 Å². The van der Waals surface area contributed by atoms with Crippen LogP contribution in [0.4, 0.5) is 0 Å². The molecule has 0 radical (unpaired) electrons. The number of rotatable bonds is 7. The summed E-state index contributed by atoms with van der Waals surface area (Å²) in [5.41, 5.74) is 1.75. The Morgan fingerprint density at radius 3 is 2.56 bits per heavy atom. The monoisotopic (exact) mass is 593 g/mol. The van der Waals surface area contributed by atoms with Crippen molar-refractivity contribution in [1.29, 1.82) is 0 Å². The predicted octanol–water partition coefficient (Wildman–Crippen LogP) is 3.58. The van der Waals surface area contributed by atoms with E-state index in [0.29, 0.717) is 43.4 Å². The topological polar surface area (TPSA) is 123 Å². The van der Waals surface area contributed by atoms with Crippen molar-refractivity contribution in [2.75, 3.05) is 13.7 Å². The predicted molar refractivity (Wildman–Crippen MR) is 159 cm³/mol. The van der Waals surface area contributed by atoms with Crippen LogP contribution in [0, 0.1) is 0 Å². The molecular formula is C33H25N2O7S-. The number of ether oxygens (including phenoxy) is 2. The van der Waals surface area contributed by atoms with Crippen LogP contribution in [0.5, 0.6) is 5.75 Å². The van der Waals surface area contributed by atoms with Crippen LogP contribution in [0.1, 0.15) is 41.6 Å². The first-order chi connectivity index (χ1) is 20.8. The van der Waals surface area contributed by atoms with Gasteiger partial charge in [-0.25, -0.2) is 9.79 Å². The van der Waals surface area contributed by atoms with Crippen LogP contribution >= 0.6 is 11.3 Å². The molecule has 3 heterocycles. The van der Waals surface area contributed by atoms with Crippen molar-refractivity contribution in [2.24, 2.45) is 4.99 Å². The fourth-order valence-electron chi connectivity index (χ4n) is 5.29. The van der Waals surface area contributed by atoms with Crippen LogP contribution in [0.15, 0.2) is 98.3 Å². The van der Waals surface area contributed by atoms with Crippen LogP contribution in [-0.2, 0) is 9.53 Å². The summed E-state index contributed by atoms with van der Waals surface area (Å²) in [6, 6.07) is 20.2. The molecule has 1 unspecified atom stereocenters. The Morgan fingerprint density at radius 2 is 1.84 bits per heavy atom. The Bertz CT molecular complexity index is 2120. The lowest BCUT2D eigenvalue weighted by Crippen LogP contribution is -2.40. The number of hydrogen-bond donors (Lipinski definition) is 0. The lowest BCUT2D eigenvalue weighted by atomic mass is 9.90. The summed E-state index contributed by atoms with van der Waals surface area (Å²) in [6.07, 6.45) is 1.63. The van der Waals surface area contributed by atoms with Crippen molar-refractivity contribution in [3.05, 3.63) is 121 Å². The van der Waals surface area contributed by atoms with Gasteiger partial charge in [0.15, 0.2) is 4.80 Å². The molecule has 0 aliphatic carbocycles. The van der Waals surface area contributed by atoms with Gasteiger partial charge in [-0.2, -0.15) is 0 Å². The number of esters is 1. The molecule has 0 amide bonds. The lowest BCUT2D eigenvalue weighted by molar-refractivity contribution is -0.255. The fraction of sp³-hybridized carbons (Fsp3) is 0.152. The van der Waals surface area contributed by atoms with Crippen molar-refractivity contribution < 1.29 is 28.6 Å². The van der Waals surface area contributed by atoms with Crippen LogP contribution in [0.3, 0.4) is 0 Å². The number of fused-ring (bicyclic) bond motifs is 2. The van der Waals surface area contributed by atoms with E-state index in [-0.39, 0.29) is 23.3 Å². The second-order valence-electron chi connectivity index (χ2n) is 9.77. The SMILES string of the molecule is CCOC(=O)C1=C(C)N=c2s/c(=C/c3ccc(-c4ccc(C(=O)[O-])cc4)o3)c(=O)n2C1c1c(OC)ccc2ccccc12. The maximum absolute atomic E-state index is 14.1. The van der Waals surface area contributed by atoms with E-state index in [1.165, 1.54) is 28.0 Å². The highest BCUT2D eigenvalue weighted by atomic mass is 32.1. The van der Waals surface area contributed by atoms with Gasteiger partial charge in [0, 0.05) is 17.2 Å². The molecule has 43 heavy (non-hydrogen) atoms. The van der Waals surface area contributed by atoms with Crippen molar-refractivity contribution in [2.45, 2.75) is 19.9 Å². The molecule has 10 heteroatoms. The third-order valence-electron chi connectivity index (χ3n) is 7.25. The number of furan rings is 1. The lowest BCUT2D eigenvalue weighted by Gasteiger charge is -2.27. The molecule has 5 aromatic rings. The molecule has 216 valence electrons. The number of thiazole rings is 1. The molecule has 0 saturated carbocycles. The van der Waals surface area contributed by atoms with Crippen molar-refractivity contribution in [3.8, 4) is 17.1 Å². The number of allylic oxidation sites excluding steroid dienone is 1. The van der Waals surface area contributed by atoms with Gasteiger partial charge in [-0.05, 0) is 48.4 Å². The normalized spacial score (nSPS) is 14.9. The van der Waals surface area contributed by atoms with Gasteiger partial charge in [0.2, 0.25) is 0 Å². The van der Waals surface area contributed by atoms with Crippen LogP contribution < -0.4 is 24.7 Å². The summed E-state index contributed by atoms with van der Waals surface area (Å²) in [6.45, 7) is 3.63. The number of carbonyl (C=O) groups is 2. The van der Waals surface area contributed by atoms with Crippen LogP contribution in [-0.4, -0.2) is 30.2 Å². The largest absolute Gasteiger partial charge is 0.545 e. The van der Waals surface area contributed by atoms with Gasteiger partial charge in [-0.3, -0.25) is 9.36 Å². The minimum atomic E-state index is -1.26. The first-order valence-corrected chi connectivity index (χ1v) is 14.3. The number of carboxylic acid groups (broad SMARTS) is 1.